The van der Waals surface area contributed by atoms with E-state index in [1.54, 1.807) is 27.7 Å². The molecular formula is C10H19O4P. The van der Waals surface area contributed by atoms with E-state index in [0.717, 1.165) is 0 Å². The Labute approximate surface area is 91.2 Å². The van der Waals surface area contributed by atoms with E-state index >= 15 is 0 Å². The highest BCUT2D eigenvalue weighted by Crippen LogP contribution is 2.50. The van der Waals surface area contributed by atoms with Crippen molar-refractivity contribution in [1.82, 2.24) is 0 Å². The molecule has 0 aromatic rings. The molecule has 0 heterocycles. The molecule has 4 nitrogen and oxygen atoms in total. The molecule has 0 aromatic carbocycles. The number of hydrogen-bond donors (Lipinski definition) is 1. The van der Waals surface area contributed by atoms with E-state index in [1.807, 2.05) is 0 Å². The van der Waals surface area contributed by atoms with Crippen LogP contribution in [0.4, 0.5) is 0 Å². The van der Waals surface area contributed by atoms with E-state index in [9.17, 15) is 9.46 Å². The molecule has 0 aliphatic carbocycles. The molecule has 0 radical (unpaired) electrons. The summed E-state index contributed by atoms with van der Waals surface area (Å²) >= 11 is 0. The van der Waals surface area contributed by atoms with Gasteiger partial charge in [-0.05, 0) is 27.7 Å². The number of hydrogen-bond acceptors (Lipinski definition) is 3. The number of rotatable bonds is 6. The van der Waals surface area contributed by atoms with Gasteiger partial charge in [0.05, 0.1) is 11.2 Å². The summed E-state index contributed by atoms with van der Waals surface area (Å²) in [7, 11) is -4.11. The molecule has 1 N–H and O–H groups in total. The summed E-state index contributed by atoms with van der Waals surface area (Å²) in [6.07, 6.45) is 2.86. The molecule has 0 fully saturated rings. The van der Waals surface area contributed by atoms with Crippen LogP contribution in [0.1, 0.15) is 27.7 Å². The smallest absolute Gasteiger partial charge is 0.302 e. The fourth-order valence-electron chi connectivity index (χ4n) is 0.688. The van der Waals surface area contributed by atoms with Crippen molar-refractivity contribution >= 4 is 7.82 Å². The molecular weight excluding hydrogens is 215 g/mol. The van der Waals surface area contributed by atoms with Crippen molar-refractivity contribution in [1.29, 1.82) is 0 Å². The molecule has 0 saturated heterocycles. The van der Waals surface area contributed by atoms with Crippen LogP contribution < -0.4 is 0 Å². The first-order valence-electron chi connectivity index (χ1n) is 4.55. The first kappa shape index (κ1) is 14.6. The van der Waals surface area contributed by atoms with E-state index in [-0.39, 0.29) is 0 Å². The fourth-order valence-corrected chi connectivity index (χ4v) is 2.06. The average Bonchev–Trinajstić information content (AvgIpc) is 2.00. The van der Waals surface area contributed by atoms with Gasteiger partial charge < -0.3 is 4.89 Å². The quantitative estimate of drug-likeness (QED) is 0.567. The second-order valence-corrected chi connectivity index (χ2v) is 5.57. The van der Waals surface area contributed by atoms with Crippen molar-refractivity contribution in [2.45, 2.75) is 38.9 Å². The average molecular weight is 234 g/mol. The highest BCUT2D eigenvalue weighted by molar-refractivity contribution is 7.47. The number of phosphoric acid groups is 1. The van der Waals surface area contributed by atoms with Gasteiger partial charge in [-0.1, -0.05) is 12.2 Å². The van der Waals surface area contributed by atoms with Gasteiger partial charge in [0.2, 0.25) is 0 Å². The summed E-state index contributed by atoms with van der Waals surface area (Å²) in [5.74, 6) is 0. The van der Waals surface area contributed by atoms with Crippen molar-refractivity contribution in [3.05, 3.63) is 25.3 Å². The molecule has 0 rings (SSSR count). The lowest BCUT2D eigenvalue weighted by atomic mass is 10.1. The maximum absolute atomic E-state index is 11.6. The molecule has 0 bridgehead atoms. The molecule has 15 heavy (non-hydrogen) atoms. The maximum Gasteiger partial charge on any atom is 0.473 e. The first-order chi connectivity index (χ1) is 6.54. The lowest BCUT2D eigenvalue weighted by Gasteiger charge is -2.28. The number of phosphoric ester groups is 1. The minimum absolute atomic E-state index is 0.915. The Morgan fingerprint density at radius 2 is 1.33 bits per heavy atom. The van der Waals surface area contributed by atoms with Crippen molar-refractivity contribution in [3.8, 4) is 0 Å². The second-order valence-electron chi connectivity index (χ2n) is 4.27. The summed E-state index contributed by atoms with van der Waals surface area (Å²) in [6.45, 7) is 13.5. The second kappa shape index (κ2) is 4.62. The third kappa shape index (κ3) is 5.90. The van der Waals surface area contributed by atoms with Crippen LogP contribution in [-0.4, -0.2) is 16.1 Å². The highest BCUT2D eigenvalue weighted by atomic mass is 31.2. The first-order valence-corrected chi connectivity index (χ1v) is 6.05. The minimum Gasteiger partial charge on any atom is -0.302 e. The molecule has 0 aliphatic rings. The SMILES string of the molecule is C=CC(C)(C)OP(=O)(O)OC(C)(C)C=C. The van der Waals surface area contributed by atoms with Crippen LogP contribution in [0.15, 0.2) is 25.3 Å². The van der Waals surface area contributed by atoms with Crippen molar-refractivity contribution in [3.63, 3.8) is 0 Å². The van der Waals surface area contributed by atoms with Gasteiger partial charge in [0.1, 0.15) is 0 Å². The molecule has 0 aromatic heterocycles. The summed E-state index contributed by atoms with van der Waals surface area (Å²) in [6, 6.07) is 0. The van der Waals surface area contributed by atoms with E-state index in [2.05, 4.69) is 13.2 Å². The minimum atomic E-state index is -4.11. The van der Waals surface area contributed by atoms with Crippen molar-refractivity contribution < 1.29 is 18.5 Å². The monoisotopic (exact) mass is 234 g/mol. The van der Waals surface area contributed by atoms with Gasteiger partial charge >= 0.3 is 7.82 Å². The van der Waals surface area contributed by atoms with Crippen LogP contribution in [0.3, 0.4) is 0 Å². The van der Waals surface area contributed by atoms with Gasteiger partial charge in [-0.3, -0.25) is 9.05 Å². The van der Waals surface area contributed by atoms with Gasteiger partial charge in [-0.25, -0.2) is 4.57 Å². The Balaban J connectivity index is 4.65. The van der Waals surface area contributed by atoms with Crippen LogP contribution in [0, 0.1) is 0 Å². The summed E-state index contributed by atoms with van der Waals surface area (Å²) in [5.41, 5.74) is -1.83. The molecule has 5 heteroatoms. The van der Waals surface area contributed by atoms with Gasteiger partial charge in [-0.2, -0.15) is 0 Å². The molecule has 88 valence electrons. The summed E-state index contributed by atoms with van der Waals surface area (Å²) in [5, 5.41) is 0. The Morgan fingerprint density at radius 1 is 1.07 bits per heavy atom. The van der Waals surface area contributed by atoms with Crippen LogP contribution >= 0.6 is 7.82 Å². The van der Waals surface area contributed by atoms with E-state index in [4.69, 9.17) is 9.05 Å². The molecule has 0 amide bonds. The van der Waals surface area contributed by atoms with Crippen LogP contribution in [0.5, 0.6) is 0 Å². The Morgan fingerprint density at radius 3 is 1.53 bits per heavy atom. The largest absolute Gasteiger partial charge is 0.473 e. The normalized spacial score (nSPS) is 13.7. The third-order valence-electron chi connectivity index (χ3n) is 1.68. The van der Waals surface area contributed by atoms with Gasteiger partial charge in [0.15, 0.2) is 0 Å². The Hall–Kier alpha value is -0.410. The topological polar surface area (TPSA) is 55.8 Å². The Kier molecular flexibility index (Phi) is 4.49. The predicted molar refractivity (Wildman–Crippen MR) is 60.5 cm³/mol. The van der Waals surface area contributed by atoms with Crippen LogP contribution in [0.25, 0.3) is 0 Å². The molecule has 0 atom stereocenters. The van der Waals surface area contributed by atoms with E-state index < -0.39 is 19.0 Å². The predicted octanol–water partition coefficient (Wildman–Crippen LogP) is 3.05. The zero-order valence-corrected chi connectivity index (χ0v) is 10.6. The maximum atomic E-state index is 11.6. The summed E-state index contributed by atoms with van der Waals surface area (Å²) in [4.78, 5) is 9.46. The van der Waals surface area contributed by atoms with Crippen LogP contribution in [-0.2, 0) is 13.6 Å². The van der Waals surface area contributed by atoms with E-state index in [0.29, 0.717) is 0 Å². The van der Waals surface area contributed by atoms with Gasteiger partial charge in [0.25, 0.3) is 0 Å². The lowest BCUT2D eigenvalue weighted by molar-refractivity contribution is 0.0413. The molecule has 0 unspecified atom stereocenters. The zero-order valence-electron chi connectivity index (χ0n) is 9.69. The standard InChI is InChI=1S/C10H19O4P/c1-7-9(3,4)13-15(11,12)14-10(5,6)8-2/h7-8H,1-2H2,3-6H3,(H,11,12). The third-order valence-corrected chi connectivity index (χ3v) is 3.09. The highest BCUT2D eigenvalue weighted by Gasteiger charge is 2.34. The fraction of sp³-hybridized carbons (Fsp3) is 0.600. The molecule has 0 spiro atoms. The van der Waals surface area contributed by atoms with Crippen LogP contribution in [0.2, 0.25) is 0 Å². The Bertz CT molecular complexity index is 268. The molecule has 0 aliphatic heterocycles. The van der Waals surface area contributed by atoms with E-state index in [1.165, 1.54) is 12.2 Å². The summed E-state index contributed by atoms with van der Waals surface area (Å²) < 4.78 is 21.4. The van der Waals surface area contributed by atoms with Crippen molar-refractivity contribution in [2.75, 3.05) is 0 Å². The van der Waals surface area contributed by atoms with Crippen molar-refractivity contribution in [2.24, 2.45) is 0 Å². The molecule has 0 saturated carbocycles. The van der Waals surface area contributed by atoms with Gasteiger partial charge in [-0.15, -0.1) is 13.2 Å². The lowest BCUT2D eigenvalue weighted by Crippen LogP contribution is -2.25. The zero-order chi connectivity index (χ0) is 12.3. The van der Waals surface area contributed by atoms with Gasteiger partial charge in [0, 0.05) is 0 Å².